The Bertz CT molecular complexity index is 240. The zero-order valence-corrected chi connectivity index (χ0v) is 12.4. The van der Waals surface area contributed by atoms with Gasteiger partial charge in [0.05, 0.1) is 0 Å². The lowest BCUT2D eigenvalue weighted by Crippen LogP contribution is -2.46. The minimum absolute atomic E-state index is 0.590. The van der Waals surface area contributed by atoms with Gasteiger partial charge in [-0.2, -0.15) is 0 Å². The summed E-state index contributed by atoms with van der Waals surface area (Å²) in [4.78, 5) is 2.50. The summed E-state index contributed by atoms with van der Waals surface area (Å²) in [6, 6.07) is 0. The van der Waals surface area contributed by atoms with Crippen LogP contribution >= 0.6 is 0 Å². The van der Waals surface area contributed by atoms with Gasteiger partial charge in [0.1, 0.15) is 0 Å². The predicted molar refractivity (Wildman–Crippen MR) is 75.2 cm³/mol. The molecule has 0 bridgehead atoms. The van der Waals surface area contributed by atoms with Gasteiger partial charge in [0.25, 0.3) is 0 Å². The molecule has 0 aromatic rings. The lowest BCUT2D eigenvalue weighted by molar-refractivity contribution is -0.0247. The normalized spacial score (nSPS) is 26.1. The number of hydrogen-bond acceptors (Lipinski definition) is 1. The van der Waals surface area contributed by atoms with Crippen molar-refractivity contribution in [3.8, 4) is 0 Å². The number of hydrogen-bond donors (Lipinski definition) is 0. The van der Waals surface area contributed by atoms with E-state index in [2.05, 4.69) is 32.7 Å². The first kappa shape index (κ1) is 13.4. The van der Waals surface area contributed by atoms with Crippen LogP contribution < -0.4 is 0 Å². The largest absolute Gasteiger partial charge is 0.306 e. The van der Waals surface area contributed by atoms with Crippen LogP contribution in [-0.4, -0.2) is 25.0 Å². The van der Waals surface area contributed by atoms with Crippen LogP contribution in [0.25, 0.3) is 0 Å². The van der Waals surface area contributed by atoms with Crippen LogP contribution in [0.3, 0.4) is 0 Å². The molecule has 1 aliphatic heterocycles. The molecule has 0 atom stereocenters. The summed E-state index contributed by atoms with van der Waals surface area (Å²) in [6.45, 7) is 9.93. The van der Waals surface area contributed by atoms with Crippen molar-refractivity contribution >= 4 is 0 Å². The van der Waals surface area contributed by atoms with Gasteiger partial charge in [-0.05, 0) is 75.4 Å². The lowest BCUT2D eigenvalue weighted by atomic mass is 9.55. The van der Waals surface area contributed by atoms with Crippen LogP contribution in [0.4, 0.5) is 0 Å². The van der Waals surface area contributed by atoms with Gasteiger partial charge in [-0.1, -0.05) is 27.2 Å². The van der Waals surface area contributed by atoms with Crippen molar-refractivity contribution in [2.24, 2.45) is 16.7 Å². The molecule has 1 spiro atoms. The maximum Gasteiger partial charge on any atom is -0.00165 e. The first-order valence-corrected chi connectivity index (χ1v) is 7.63. The molecular formula is C16H31N. The van der Waals surface area contributed by atoms with Gasteiger partial charge in [0, 0.05) is 0 Å². The third-order valence-corrected chi connectivity index (χ3v) is 5.26. The first-order chi connectivity index (χ1) is 7.95. The molecule has 1 nitrogen and oxygen atoms in total. The van der Waals surface area contributed by atoms with Gasteiger partial charge in [0.15, 0.2) is 0 Å². The highest BCUT2D eigenvalue weighted by molar-refractivity contribution is 4.97. The Morgan fingerprint density at radius 3 is 2.29 bits per heavy atom. The minimum Gasteiger partial charge on any atom is -0.306 e. The second-order valence-electron chi connectivity index (χ2n) is 7.70. The molecular weight excluding hydrogens is 206 g/mol. The molecule has 1 aliphatic carbocycles. The van der Waals surface area contributed by atoms with Crippen molar-refractivity contribution in [1.82, 2.24) is 4.90 Å². The van der Waals surface area contributed by atoms with E-state index in [1.807, 2.05) is 0 Å². The molecule has 17 heavy (non-hydrogen) atoms. The second kappa shape index (κ2) is 4.91. The highest BCUT2D eigenvalue weighted by Gasteiger charge is 2.46. The summed E-state index contributed by atoms with van der Waals surface area (Å²) in [5, 5.41) is 0. The van der Waals surface area contributed by atoms with Crippen LogP contribution in [0, 0.1) is 16.7 Å². The summed E-state index contributed by atoms with van der Waals surface area (Å²) in [6.07, 6.45) is 10.2. The highest BCUT2D eigenvalue weighted by atomic mass is 15.1. The van der Waals surface area contributed by atoms with Gasteiger partial charge in [-0.3, -0.25) is 0 Å². The van der Waals surface area contributed by atoms with Gasteiger partial charge in [0.2, 0.25) is 0 Å². The first-order valence-electron chi connectivity index (χ1n) is 7.63. The Morgan fingerprint density at radius 2 is 1.76 bits per heavy atom. The highest BCUT2D eigenvalue weighted by Crippen LogP contribution is 2.55. The maximum atomic E-state index is 2.50. The molecule has 2 rings (SSSR count). The molecule has 0 aromatic carbocycles. The molecule has 0 amide bonds. The third kappa shape index (κ3) is 3.24. The summed E-state index contributed by atoms with van der Waals surface area (Å²) >= 11 is 0. The van der Waals surface area contributed by atoms with E-state index in [1.54, 1.807) is 0 Å². The van der Waals surface area contributed by atoms with E-state index in [9.17, 15) is 0 Å². The van der Waals surface area contributed by atoms with E-state index in [1.165, 1.54) is 58.0 Å². The second-order valence-corrected chi connectivity index (χ2v) is 7.70. The van der Waals surface area contributed by atoms with Gasteiger partial charge >= 0.3 is 0 Å². The molecule has 0 aromatic heterocycles. The average Bonchev–Trinajstić information content (AvgIpc) is 2.18. The van der Waals surface area contributed by atoms with E-state index in [-0.39, 0.29) is 0 Å². The fourth-order valence-corrected chi connectivity index (χ4v) is 4.37. The van der Waals surface area contributed by atoms with E-state index in [4.69, 9.17) is 0 Å². The molecule has 1 saturated carbocycles. The average molecular weight is 237 g/mol. The third-order valence-electron chi connectivity index (χ3n) is 5.26. The predicted octanol–water partition coefficient (Wildman–Crippen LogP) is 4.32. The number of rotatable bonds is 4. The Labute approximate surface area is 108 Å². The molecule has 100 valence electrons. The maximum absolute atomic E-state index is 2.50. The van der Waals surface area contributed by atoms with Crippen molar-refractivity contribution in [3.63, 3.8) is 0 Å². The smallest absolute Gasteiger partial charge is 0.00165 e. The van der Waals surface area contributed by atoms with Crippen LogP contribution in [-0.2, 0) is 0 Å². The summed E-state index contributed by atoms with van der Waals surface area (Å²) in [5.41, 5.74) is 1.37. The number of likely N-dealkylation sites (tertiary alicyclic amines) is 1. The Hall–Kier alpha value is -0.0400. The molecule has 1 saturated heterocycles. The molecule has 2 aliphatic rings. The Balaban J connectivity index is 1.75. The monoisotopic (exact) mass is 237 g/mol. The van der Waals surface area contributed by atoms with Gasteiger partial charge < -0.3 is 4.90 Å². The standard InChI is InChI=1S/C16H31N/c1-5-6-15(2,3)11-14-12-16(13-14)7-9-17(4)10-8-16/h14H,5-13H2,1-4H3. The lowest BCUT2D eigenvalue weighted by Gasteiger charge is -2.53. The molecule has 0 unspecified atom stereocenters. The van der Waals surface area contributed by atoms with Crippen molar-refractivity contribution < 1.29 is 0 Å². The van der Waals surface area contributed by atoms with Crippen LogP contribution in [0.2, 0.25) is 0 Å². The topological polar surface area (TPSA) is 3.24 Å². The minimum atomic E-state index is 0.590. The quantitative estimate of drug-likeness (QED) is 0.703. The number of piperidine rings is 1. The van der Waals surface area contributed by atoms with E-state index >= 15 is 0 Å². The van der Waals surface area contributed by atoms with Gasteiger partial charge in [-0.15, -0.1) is 0 Å². The zero-order valence-electron chi connectivity index (χ0n) is 12.4. The Morgan fingerprint density at radius 1 is 1.18 bits per heavy atom. The number of nitrogens with zero attached hydrogens (tertiary/aromatic N) is 1. The Kier molecular flexibility index (Phi) is 3.87. The van der Waals surface area contributed by atoms with Gasteiger partial charge in [-0.25, -0.2) is 0 Å². The van der Waals surface area contributed by atoms with Crippen molar-refractivity contribution in [3.05, 3.63) is 0 Å². The summed E-state index contributed by atoms with van der Waals surface area (Å²) < 4.78 is 0. The fraction of sp³-hybridized carbons (Fsp3) is 1.00. The van der Waals surface area contributed by atoms with E-state index < -0.39 is 0 Å². The van der Waals surface area contributed by atoms with Crippen LogP contribution in [0.15, 0.2) is 0 Å². The van der Waals surface area contributed by atoms with E-state index in [0.717, 1.165) is 11.3 Å². The van der Waals surface area contributed by atoms with Crippen LogP contribution in [0.1, 0.15) is 65.7 Å². The fourth-order valence-electron chi connectivity index (χ4n) is 4.37. The van der Waals surface area contributed by atoms with Crippen LogP contribution in [0.5, 0.6) is 0 Å². The molecule has 1 heterocycles. The zero-order chi connectivity index (χ0) is 12.5. The summed E-state index contributed by atoms with van der Waals surface area (Å²) in [7, 11) is 2.27. The van der Waals surface area contributed by atoms with Crippen molar-refractivity contribution in [1.29, 1.82) is 0 Å². The SMILES string of the molecule is CCCC(C)(C)CC1CC2(CCN(C)CC2)C1. The summed E-state index contributed by atoms with van der Waals surface area (Å²) in [5.74, 6) is 1.04. The van der Waals surface area contributed by atoms with Crippen molar-refractivity contribution in [2.75, 3.05) is 20.1 Å². The molecule has 1 heteroatoms. The molecule has 0 radical (unpaired) electrons. The van der Waals surface area contributed by atoms with Crippen molar-refractivity contribution in [2.45, 2.75) is 65.7 Å². The molecule has 2 fully saturated rings. The van der Waals surface area contributed by atoms with E-state index in [0.29, 0.717) is 5.41 Å². The molecule has 0 N–H and O–H groups in total.